The van der Waals surface area contributed by atoms with Crippen molar-refractivity contribution < 1.29 is 3.63 Å². The molecule has 2 unspecified atom stereocenters. The second-order valence-corrected chi connectivity index (χ2v) is 10.8. The lowest BCUT2D eigenvalue weighted by Crippen LogP contribution is -2.28. The molecule has 4 rings (SSSR count). The maximum absolute atomic E-state index is 8.44. The third-order valence-electron chi connectivity index (χ3n) is 5.69. The highest BCUT2D eigenvalue weighted by molar-refractivity contribution is 8.09. The van der Waals surface area contributed by atoms with E-state index in [1.165, 1.54) is 12.4 Å². The van der Waals surface area contributed by atoms with Crippen molar-refractivity contribution in [3.8, 4) is 0 Å². The van der Waals surface area contributed by atoms with Crippen molar-refractivity contribution in [3.05, 3.63) is 141 Å². The predicted octanol–water partition coefficient (Wildman–Crippen LogP) is 9.21. The molecule has 0 heterocycles. The minimum Gasteiger partial charge on any atom is -0.311 e. The number of nitrogens with one attached hydrogen (secondary N) is 2. The molecule has 0 spiro atoms. The van der Waals surface area contributed by atoms with E-state index in [4.69, 9.17) is 37.6 Å². The Morgan fingerprint density at radius 1 is 0.528 bits per heavy atom. The van der Waals surface area contributed by atoms with E-state index in [1.807, 2.05) is 109 Å². The maximum Gasteiger partial charge on any atom is 0.128 e. The number of hydrogen-bond donors (Lipinski definition) is 2. The lowest BCUT2D eigenvalue weighted by Gasteiger charge is -2.32. The van der Waals surface area contributed by atoms with Gasteiger partial charge in [-0.05, 0) is 46.5 Å². The van der Waals surface area contributed by atoms with Gasteiger partial charge in [-0.2, -0.15) is 0 Å². The first-order valence-electron chi connectivity index (χ1n) is 10.7. The Kier molecular flexibility index (Phi) is 10.1. The summed E-state index contributed by atoms with van der Waals surface area (Å²) in [6, 6.07) is 34.4. The standard InChI is InChI=1S/C28H22Cl2N2OS2.ClH/c29-25-15-11-23(12-16-25)27(19-31,21-7-3-1-4-8-21)34-33-35-28(20-32,22-9-5-2-6-10-22)24-13-17-26(30)18-14-24;/h1-20,31-32H;1H. The van der Waals surface area contributed by atoms with E-state index in [1.54, 1.807) is 0 Å². The summed E-state index contributed by atoms with van der Waals surface area (Å²) in [6.45, 7) is 0. The molecule has 0 saturated carbocycles. The van der Waals surface area contributed by atoms with Crippen LogP contribution in [0.5, 0.6) is 0 Å². The molecule has 0 aliphatic carbocycles. The van der Waals surface area contributed by atoms with Crippen molar-refractivity contribution in [1.82, 2.24) is 0 Å². The minimum atomic E-state index is -0.913. The molecular weight excluding hydrogens is 551 g/mol. The molecule has 0 bridgehead atoms. The largest absolute Gasteiger partial charge is 0.311 e. The van der Waals surface area contributed by atoms with Crippen LogP contribution in [0.3, 0.4) is 0 Å². The van der Waals surface area contributed by atoms with Gasteiger partial charge < -0.3 is 10.8 Å². The van der Waals surface area contributed by atoms with Crippen molar-refractivity contribution in [2.24, 2.45) is 0 Å². The lowest BCUT2D eigenvalue weighted by molar-refractivity contribution is 0.718. The van der Waals surface area contributed by atoms with Gasteiger partial charge in [0.25, 0.3) is 0 Å². The summed E-state index contributed by atoms with van der Waals surface area (Å²) < 4.78 is 4.46. The normalized spacial score (nSPS) is 14.1. The fourth-order valence-corrected chi connectivity index (χ4v) is 6.07. The first-order valence-corrected chi connectivity index (χ1v) is 13.0. The van der Waals surface area contributed by atoms with Gasteiger partial charge in [-0.3, -0.25) is 0 Å². The van der Waals surface area contributed by atoms with E-state index in [0.29, 0.717) is 10.0 Å². The average Bonchev–Trinajstić information content (AvgIpc) is 2.91. The Morgan fingerprint density at radius 2 is 0.833 bits per heavy atom. The van der Waals surface area contributed by atoms with Crippen LogP contribution in [0.4, 0.5) is 0 Å². The molecule has 0 amide bonds. The summed E-state index contributed by atoms with van der Waals surface area (Å²) in [5, 5.41) is 18.1. The highest BCUT2D eigenvalue weighted by Crippen LogP contribution is 2.49. The Labute approximate surface area is 236 Å². The van der Waals surface area contributed by atoms with Gasteiger partial charge in [-0.25, -0.2) is 3.63 Å². The first kappa shape index (κ1) is 28.3. The molecule has 184 valence electrons. The van der Waals surface area contributed by atoms with Crippen LogP contribution < -0.4 is 0 Å². The molecule has 0 radical (unpaired) electrons. The predicted molar refractivity (Wildman–Crippen MR) is 158 cm³/mol. The van der Waals surface area contributed by atoms with Gasteiger partial charge in [-0.1, -0.05) is 108 Å². The van der Waals surface area contributed by atoms with Crippen LogP contribution in [0.1, 0.15) is 22.3 Å². The maximum atomic E-state index is 8.44. The fourth-order valence-electron chi connectivity index (χ4n) is 3.80. The topological polar surface area (TPSA) is 56.9 Å². The second kappa shape index (κ2) is 12.8. The van der Waals surface area contributed by atoms with Gasteiger partial charge >= 0.3 is 0 Å². The minimum absolute atomic E-state index is 0. The van der Waals surface area contributed by atoms with Gasteiger partial charge in [0.2, 0.25) is 0 Å². The Bertz CT molecular complexity index is 1170. The van der Waals surface area contributed by atoms with Crippen LogP contribution in [-0.4, -0.2) is 12.4 Å². The molecule has 0 aliphatic heterocycles. The molecule has 8 heteroatoms. The Morgan fingerprint density at radius 3 is 1.14 bits per heavy atom. The summed E-state index contributed by atoms with van der Waals surface area (Å²) in [4.78, 5) is 0. The van der Waals surface area contributed by atoms with Crippen molar-refractivity contribution in [2.75, 3.05) is 0 Å². The van der Waals surface area contributed by atoms with Gasteiger partial charge in [0.1, 0.15) is 9.49 Å². The third kappa shape index (κ3) is 5.83. The molecule has 2 N–H and O–H groups in total. The molecule has 3 nitrogen and oxygen atoms in total. The highest BCUT2D eigenvalue weighted by Gasteiger charge is 2.39. The van der Waals surface area contributed by atoms with Gasteiger partial charge in [0.05, 0.1) is 0 Å². The van der Waals surface area contributed by atoms with E-state index >= 15 is 0 Å². The molecule has 0 fully saturated rings. The SMILES string of the molecule is Cl.N=CC(SOSC(C=N)(c1ccccc1)c1ccc(Cl)cc1)(c1ccccc1)c1ccc(Cl)cc1. The number of benzene rings is 4. The molecule has 36 heavy (non-hydrogen) atoms. The first-order chi connectivity index (χ1) is 17.0. The molecular formula is C28H23Cl3N2OS2. The Hall–Kier alpha value is -2.25. The summed E-state index contributed by atoms with van der Waals surface area (Å²) in [5.74, 6) is 0. The van der Waals surface area contributed by atoms with E-state index < -0.39 is 9.49 Å². The number of rotatable bonds is 10. The summed E-state index contributed by atoms with van der Waals surface area (Å²) >= 11 is 14.6. The van der Waals surface area contributed by atoms with Crippen molar-refractivity contribution in [3.63, 3.8) is 0 Å². The fraction of sp³-hybridized carbons (Fsp3) is 0.0714. The highest BCUT2D eigenvalue weighted by atomic mass is 35.5. The van der Waals surface area contributed by atoms with E-state index in [0.717, 1.165) is 46.3 Å². The van der Waals surface area contributed by atoms with Crippen molar-refractivity contribution in [1.29, 1.82) is 10.8 Å². The number of hydrogen-bond acceptors (Lipinski definition) is 5. The van der Waals surface area contributed by atoms with Crippen molar-refractivity contribution in [2.45, 2.75) is 9.49 Å². The molecule has 2 atom stereocenters. The quantitative estimate of drug-likeness (QED) is 0.147. The smallest absolute Gasteiger partial charge is 0.128 e. The van der Waals surface area contributed by atoms with Crippen LogP contribution >= 0.6 is 59.7 Å². The van der Waals surface area contributed by atoms with E-state index in [-0.39, 0.29) is 12.4 Å². The van der Waals surface area contributed by atoms with E-state index in [2.05, 4.69) is 0 Å². The second-order valence-electron chi connectivity index (χ2n) is 7.74. The lowest BCUT2D eigenvalue weighted by atomic mass is 9.91. The summed E-state index contributed by atoms with van der Waals surface area (Å²) in [7, 11) is 0. The average molecular weight is 574 g/mol. The van der Waals surface area contributed by atoms with Gasteiger partial charge in [0.15, 0.2) is 0 Å². The van der Waals surface area contributed by atoms with Crippen molar-refractivity contribution >= 4 is 72.1 Å². The zero-order valence-corrected chi connectivity index (χ0v) is 22.9. The number of halogens is 3. The molecule has 0 aliphatic rings. The Balaban J connectivity index is 0.00000361. The third-order valence-corrected chi connectivity index (χ3v) is 8.44. The van der Waals surface area contributed by atoms with Crippen LogP contribution in [0.2, 0.25) is 10.0 Å². The summed E-state index contributed by atoms with van der Waals surface area (Å²) in [6.07, 6.45) is 2.77. The molecule has 4 aromatic carbocycles. The zero-order chi connectivity index (χ0) is 24.7. The summed E-state index contributed by atoms with van der Waals surface area (Å²) in [5.41, 5.74) is 3.52. The van der Waals surface area contributed by atoms with Crippen LogP contribution in [0.15, 0.2) is 109 Å². The molecule has 0 saturated heterocycles. The van der Waals surface area contributed by atoms with Crippen LogP contribution in [-0.2, 0) is 13.1 Å². The van der Waals surface area contributed by atoms with Gasteiger partial charge in [-0.15, -0.1) is 12.4 Å². The molecule has 4 aromatic rings. The van der Waals surface area contributed by atoms with Gasteiger partial charge in [0, 0.05) is 46.6 Å². The van der Waals surface area contributed by atoms with Crippen LogP contribution in [0, 0.1) is 10.8 Å². The zero-order valence-electron chi connectivity index (χ0n) is 18.9. The monoisotopic (exact) mass is 572 g/mol. The molecule has 0 aromatic heterocycles. The van der Waals surface area contributed by atoms with E-state index in [9.17, 15) is 0 Å². The van der Waals surface area contributed by atoms with Crippen LogP contribution in [0.25, 0.3) is 0 Å².